The molecule has 132 valence electrons. The van der Waals surface area contributed by atoms with Gasteiger partial charge in [-0.05, 0) is 58.9 Å². The lowest BCUT2D eigenvalue weighted by Gasteiger charge is -2.33. The van der Waals surface area contributed by atoms with Crippen molar-refractivity contribution in [1.29, 1.82) is 0 Å². The van der Waals surface area contributed by atoms with E-state index in [1.54, 1.807) is 0 Å². The Balaban J connectivity index is 1.83. The zero-order valence-electron chi connectivity index (χ0n) is 15.1. The molecule has 5 heteroatoms. The number of amides is 1. The maximum atomic E-state index is 12.6. The van der Waals surface area contributed by atoms with Crippen molar-refractivity contribution in [3.8, 4) is 0 Å². The Morgan fingerprint density at radius 2 is 1.92 bits per heavy atom. The number of hydrogen-bond donors (Lipinski definition) is 0. The van der Waals surface area contributed by atoms with E-state index in [0.29, 0.717) is 0 Å². The van der Waals surface area contributed by atoms with Crippen LogP contribution >= 0.6 is 0 Å². The van der Waals surface area contributed by atoms with E-state index in [9.17, 15) is 4.79 Å². The molecule has 0 spiro atoms. The number of aromatic nitrogens is 1. The number of carbonyl (C=O) groups excluding carboxylic acids is 1. The number of nitrogens with zero attached hydrogens (tertiary/aromatic N) is 3. The average Bonchev–Trinajstić information content (AvgIpc) is 3.04. The van der Waals surface area contributed by atoms with Gasteiger partial charge in [0, 0.05) is 31.4 Å². The zero-order chi connectivity index (χ0) is 17.2. The number of rotatable bonds is 2. The summed E-state index contributed by atoms with van der Waals surface area (Å²) in [6.45, 7) is 8.62. The van der Waals surface area contributed by atoms with Crippen molar-refractivity contribution in [2.45, 2.75) is 64.5 Å². The molecule has 0 aliphatic carbocycles. The Morgan fingerprint density at radius 1 is 1.17 bits per heavy atom. The van der Waals surface area contributed by atoms with Crippen molar-refractivity contribution in [1.82, 2.24) is 9.88 Å². The van der Waals surface area contributed by atoms with Gasteiger partial charge in [0.2, 0.25) is 0 Å². The first kappa shape index (κ1) is 17.1. The fourth-order valence-corrected chi connectivity index (χ4v) is 3.67. The van der Waals surface area contributed by atoms with Crippen LogP contribution in [0.15, 0.2) is 18.3 Å². The van der Waals surface area contributed by atoms with Gasteiger partial charge in [0.15, 0.2) is 0 Å². The maximum absolute atomic E-state index is 12.6. The van der Waals surface area contributed by atoms with Gasteiger partial charge in [-0.1, -0.05) is 6.07 Å². The van der Waals surface area contributed by atoms with Gasteiger partial charge < -0.3 is 14.5 Å². The zero-order valence-corrected chi connectivity index (χ0v) is 15.1. The summed E-state index contributed by atoms with van der Waals surface area (Å²) in [5.41, 5.74) is 0.706. The number of anilines is 1. The average molecular weight is 331 g/mol. The molecule has 0 aromatic carbocycles. The van der Waals surface area contributed by atoms with Crippen molar-refractivity contribution in [3.05, 3.63) is 23.9 Å². The molecule has 5 nitrogen and oxygen atoms in total. The van der Waals surface area contributed by atoms with E-state index in [2.05, 4.69) is 16.0 Å². The molecule has 2 aliphatic heterocycles. The SMILES string of the molecule is CC(C)(C)OC(=O)N1CCC[C@H]1c1cccnc1N1CCCCC1. The number of hydrogen-bond acceptors (Lipinski definition) is 4. The predicted molar refractivity (Wildman–Crippen MR) is 95.2 cm³/mol. The van der Waals surface area contributed by atoms with Gasteiger partial charge >= 0.3 is 6.09 Å². The second-order valence-corrected chi connectivity index (χ2v) is 7.80. The van der Waals surface area contributed by atoms with Gasteiger partial charge in [-0.25, -0.2) is 9.78 Å². The number of pyridine rings is 1. The van der Waals surface area contributed by atoms with Crippen LogP contribution in [-0.2, 0) is 4.74 Å². The molecule has 0 N–H and O–H groups in total. The van der Waals surface area contributed by atoms with Crippen LogP contribution in [0.4, 0.5) is 10.6 Å². The Morgan fingerprint density at radius 3 is 2.62 bits per heavy atom. The summed E-state index contributed by atoms with van der Waals surface area (Å²) < 4.78 is 5.61. The molecule has 2 fully saturated rings. The van der Waals surface area contributed by atoms with Crippen molar-refractivity contribution >= 4 is 11.9 Å². The van der Waals surface area contributed by atoms with Gasteiger partial charge in [-0.2, -0.15) is 0 Å². The van der Waals surface area contributed by atoms with Crippen molar-refractivity contribution in [3.63, 3.8) is 0 Å². The largest absolute Gasteiger partial charge is 0.444 e. The van der Waals surface area contributed by atoms with Crippen LogP contribution in [0.2, 0.25) is 0 Å². The summed E-state index contributed by atoms with van der Waals surface area (Å²) in [5, 5.41) is 0. The van der Waals surface area contributed by atoms with E-state index < -0.39 is 5.60 Å². The summed E-state index contributed by atoms with van der Waals surface area (Å²) >= 11 is 0. The van der Waals surface area contributed by atoms with Crippen LogP contribution in [0.1, 0.15) is 64.5 Å². The maximum Gasteiger partial charge on any atom is 0.410 e. The lowest BCUT2D eigenvalue weighted by Crippen LogP contribution is -2.37. The summed E-state index contributed by atoms with van der Waals surface area (Å²) in [6, 6.07) is 4.18. The fourth-order valence-electron chi connectivity index (χ4n) is 3.67. The summed E-state index contributed by atoms with van der Waals surface area (Å²) in [4.78, 5) is 21.5. The summed E-state index contributed by atoms with van der Waals surface area (Å²) in [6.07, 6.45) is 7.38. The lowest BCUT2D eigenvalue weighted by molar-refractivity contribution is 0.0224. The van der Waals surface area contributed by atoms with E-state index in [-0.39, 0.29) is 12.1 Å². The minimum atomic E-state index is -0.463. The molecular weight excluding hydrogens is 302 g/mol. The van der Waals surface area contributed by atoms with Crippen LogP contribution in [0.25, 0.3) is 0 Å². The summed E-state index contributed by atoms with van der Waals surface area (Å²) in [7, 11) is 0. The molecular formula is C19H29N3O2. The topological polar surface area (TPSA) is 45.7 Å². The number of ether oxygens (including phenoxy) is 1. The van der Waals surface area contributed by atoms with Gasteiger partial charge in [-0.15, -0.1) is 0 Å². The van der Waals surface area contributed by atoms with E-state index in [1.165, 1.54) is 24.8 Å². The second kappa shape index (κ2) is 6.99. The molecule has 1 atom stereocenters. The van der Waals surface area contributed by atoms with Gasteiger partial charge in [0.05, 0.1) is 6.04 Å². The first-order valence-corrected chi connectivity index (χ1v) is 9.15. The van der Waals surface area contributed by atoms with Crippen LogP contribution < -0.4 is 4.90 Å². The Kier molecular flexibility index (Phi) is 4.97. The predicted octanol–water partition coefficient (Wildman–Crippen LogP) is 4.14. The molecule has 24 heavy (non-hydrogen) atoms. The van der Waals surface area contributed by atoms with Crippen molar-refractivity contribution < 1.29 is 9.53 Å². The molecule has 0 bridgehead atoms. The van der Waals surface area contributed by atoms with E-state index in [4.69, 9.17) is 4.74 Å². The van der Waals surface area contributed by atoms with Crippen LogP contribution in [0, 0.1) is 0 Å². The molecule has 1 amide bonds. The minimum Gasteiger partial charge on any atom is -0.444 e. The first-order chi connectivity index (χ1) is 11.5. The molecule has 3 heterocycles. The number of likely N-dealkylation sites (tertiary alicyclic amines) is 1. The monoisotopic (exact) mass is 331 g/mol. The highest BCUT2D eigenvalue weighted by Crippen LogP contribution is 2.37. The number of piperidine rings is 1. The van der Waals surface area contributed by atoms with E-state index >= 15 is 0 Å². The molecule has 0 radical (unpaired) electrons. The summed E-state index contributed by atoms with van der Waals surface area (Å²) in [5.74, 6) is 1.05. The number of carbonyl (C=O) groups is 1. The second-order valence-electron chi connectivity index (χ2n) is 7.80. The third-order valence-corrected chi connectivity index (χ3v) is 4.71. The third kappa shape index (κ3) is 3.82. The molecule has 3 rings (SSSR count). The normalized spacial score (nSPS) is 21.9. The highest BCUT2D eigenvalue weighted by atomic mass is 16.6. The van der Waals surface area contributed by atoms with Crippen LogP contribution in [0.5, 0.6) is 0 Å². The van der Waals surface area contributed by atoms with Gasteiger partial charge in [0.1, 0.15) is 11.4 Å². The molecule has 2 saturated heterocycles. The molecule has 1 aromatic rings. The standard InChI is InChI=1S/C19H29N3O2/c1-19(2,3)24-18(23)22-14-8-10-16(22)15-9-7-11-20-17(15)21-12-5-4-6-13-21/h7,9,11,16H,4-6,8,10,12-14H2,1-3H3/t16-/m0/s1. The minimum absolute atomic E-state index is 0.0745. The molecule has 0 unspecified atom stereocenters. The van der Waals surface area contributed by atoms with Gasteiger partial charge in [-0.3, -0.25) is 0 Å². The highest BCUT2D eigenvalue weighted by Gasteiger charge is 2.35. The van der Waals surface area contributed by atoms with E-state index in [0.717, 1.165) is 38.3 Å². The highest BCUT2D eigenvalue weighted by molar-refractivity contribution is 5.70. The quantitative estimate of drug-likeness (QED) is 0.817. The molecule has 1 aromatic heterocycles. The Bertz CT molecular complexity index is 576. The Hall–Kier alpha value is -1.78. The van der Waals surface area contributed by atoms with Crippen LogP contribution in [-0.4, -0.2) is 41.2 Å². The van der Waals surface area contributed by atoms with Crippen LogP contribution in [0.3, 0.4) is 0 Å². The first-order valence-electron chi connectivity index (χ1n) is 9.15. The smallest absolute Gasteiger partial charge is 0.410 e. The Labute approximate surface area is 145 Å². The fraction of sp³-hybridized carbons (Fsp3) is 0.684. The van der Waals surface area contributed by atoms with Gasteiger partial charge in [0.25, 0.3) is 0 Å². The third-order valence-electron chi connectivity index (χ3n) is 4.71. The lowest BCUT2D eigenvalue weighted by atomic mass is 10.0. The molecule has 2 aliphatic rings. The van der Waals surface area contributed by atoms with Crippen molar-refractivity contribution in [2.75, 3.05) is 24.5 Å². The van der Waals surface area contributed by atoms with E-state index in [1.807, 2.05) is 37.9 Å². The van der Waals surface area contributed by atoms with Crippen molar-refractivity contribution in [2.24, 2.45) is 0 Å². The molecule has 0 saturated carbocycles.